The van der Waals surface area contributed by atoms with Crippen LogP contribution in [0.5, 0.6) is 0 Å². The first-order valence-electron chi connectivity index (χ1n) is 8.00. The summed E-state index contributed by atoms with van der Waals surface area (Å²) < 4.78 is 5.86. The van der Waals surface area contributed by atoms with E-state index < -0.39 is 0 Å². The van der Waals surface area contributed by atoms with Crippen LogP contribution in [0.15, 0.2) is 0 Å². The summed E-state index contributed by atoms with van der Waals surface area (Å²) in [5, 5.41) is 0. The van der Waals surface area contributed by atoms with E-state index in [0.29, 0.717) is 6.04 Å². The predicted octanol–water partition coefficient (Wildman–Crippen LogP) is 1.05. The fraction of sp³-hybridized carbons (Fsp3) is 1.00. The smallest absolute Gasteiger partial charge is 0.0743 e. The van der Waals surface area contributed by atoms with Crippen LogP contribution in [0.3, 0.4) is 0 Å². The lowest BCUT2D eigenvalue weighted by atomic mass is 9.85. The summed E-state index contributed by atoms with van der Waals surface area (Å²) >= 11 is 0. The van der Waals surface area contributed by atoms with E-state index >= 15 is 0 Å². The zero-order valence-electron chi connectivity index (χ0n) is 12.5. The molecule has 0 radical (unpaired) electrons. The van der Waals surface area contributed by atoms with Gasteiger partial charge in [-0.15, -0.1) is 0 Å². The molecule has 2 N–H and O–H groups in total. The molecule has 0 bridgehead atoms. The van der Waals surface area contributed by atoms with Gasteiger partial charge in [-0.25, -0.2) is 0 Å². The highest BCUT2D eigenvalue weighted by Crippen LogP contribution is 2.36. The lowest BCUT2D eigenvalue weighted by molar-refractivity contribution is -0.0679. The molecule has 4 unspecified atom stereocenters. The Morgan fingerprint density at radius 1 is 1.26 bits per heavy atom. The molecule has 0 aromatic rings. The Labute approximate surface area is 117 Å². The zero-order valence-corrected chi connectivity index (χ0v) is 12.5. The SMILES string of the molecule is CC1CN2CCCCC2CN1C1(CN)CCOC1C. The van der Waals surface area contributed by atoms with Gasteiger partial charge in [-0.1, -0.05) is 6.42 Å². The summed E-state index contributed by atoms with van der Waals surface area (Å²) in [6, 6.07) is 1.35. The van der Waals surface area contributed by atoms with Crippen molar-refractivity contribution in [3.8, 4) is 0 Å². The number of piperazine rings is 1. The Balaban J connectivity index is 1.79. The van der Waals surface area contributed by atoms with E-state index in [9.17, 15) is 0 Å². The number of nitrogens with two attached hydrogens (primary N) is 1. The van der Waals surface area contributed by atoms with Crippen molar-refractivity contribution in [2.75, 3.05) is 32.8 Å². The van der Waals surface area contributed by atoms with Crippen LogP contribution in [-0.4, -0.2) is 66.3 Å². The molecule has 0 aliphatic carbocycles. The normalized spacial score (nSPS) is 45.3. The van der Waals surface area contributed by atoms with E-state index in [4.69, 9.17) is 10.5 Å². The molecule has 19 heavy (non-hydrogen) atoms. The summed E-state index contributed by atoms with van der Waals surface area (Å²) in [6.45, 7) is 9.87. The van der Waals surface area contributed by atoms with Crippen molar-refractivity contribution in [1.29, 1.82) is 0 Å². The first-order valence-corrected chi connectivity index (χ1v) is 8.00. The molecule has 0 aromatic carbocycles. The molecule has 3 aliphatic rings. The van der Waals surface area contributed by atoms with Crippen LogP contribution < -0.4 is 5.73 Å². The lowest BCUT2D eigenvalue weighted by Gasteiger charge is -2.54. The molecule has 3 fully saturated rings. The number of rotatable bonds is 2. The molecule has 3 aliphatic heterocycles. The third kappa shape index (κ3) is 2.23. The number of ether oxygens (including phenoxy) is 1. The summed E-state index contributed by atoms with van der Waals surface area (Å²) in [5.41, 5.74) is 6.27. The van der Waals surface area contributed by atoms with Crippen LogP contribution in [-0.2, 0) is 4.74 Å². The van der Waals surface area contributed by atoms with Crippen LogP contribution >= 0.6 is 0 Å². The molecule has 3 heterocycles. The van der Waals surface area contributed by atoms with Crippen molar-refractivity contribution in [2.24, 2.45) is 5.73 Å². The van der Waals surface area contributed by atoms with Gasteiger partial charge < -0.3 is 10.5 Å². The molecule has 4 heteroatoms. The highest BCUT2D eigenvalue weighted by molar-refractivity contribution is 5.05. The van der Waals surface area contributed by atoms with E-state index in [1.165, 1.54) is 38.9 Å². The van der Waals surface area contributed by atoms with E-state index in [1.54, 1.807) is 0 Å². The van der Waals surface area contributed by atoms with Gasteiger partial charge in [-0.2, -0.15) is 0 Å². The average Bonchev–Trinajstić information content (AvgIpc) is 2.80. The van der Waals surface area contributed by atoms with Gasteiger partial charge in [0.2, 0.25) is 0 Å². The minimum Gasteiger partial charge on any atom is -0.376 e. The Kier molecular flexibility index (Phi) is 3.87. The predicted molar refractivity (Wildman–Crippen MR) is 77.2 cm³/mol. The van der Waals surface area contributed by atoms with Gasteiger partial charge in [-0.05, 0) is 39.7 Å². The summed E-state index contributed by atoms with van der Waals surface area (Å²) in [6.07, 6.45) is 5.51. The Bertz CT molecular complexity index is 325. The highest BCUT2D eigenvalue weighted by Gasteiger charge is 2.49. The number of hydrogen-bond donors (Lipinski definition) is 1. The van der Waals surface area contributed by atoms with Crippen molar-refractivity contribution >= 4 is 0 Å². The Morgan fingerprint density at radius 2 is 2.11 bits per heavy atom. The van der Waals surface area contributed by atoms with Gasteiger partial charge in [0, 0.05) is 38.3 Å². The van der Waals surface area contributed by atoms with Crippen molar-refractivity contribution in [3.05, 3.63) is 0 Å². The van der Waals surface area contributed by atoms with Crippen LogP contribution in [0.1, 0.15) is 39.5 Å². The van der Waals surface area contributed by atoms with Crippen LogP contribution in [0.2, 0.25) is 0 Å². The highest BCUT2D eigenvalue weighted by atomic mass is 16.5. The second kappa shape index (κ2) is 5.32. The Morgan fingerprint density at radius 3 is 2.79 bits per heavy atom. The molecule has 3 saturated heterocycles. The minimum atomic E-state index is 0.0863. The van der Waals surface area contributed by atoms with Crippen molar-refractivity contribution in [1.82, 2.24) is 9.80 Å². The third-order valence-corrected chi connectivity index (χ3v) is 5.77. The molecule has 3 rings (SSSR count). The fourth-order valence-corrected chi connectivity index (χ4v) is 4.51. The number of fused-ring (bicyclic) bond motifs is 1. The molecular weight excluding hydrogens is 238 g/mol. The summed E-state index contributed by atoms with van der Waals surface area (Å²) in [5.74, 6) is 0. The summed E-state index contributed by atoms with van der Waals surface area (Å²) in [7, 11) is 0. The molecule has 0 amide bonds. The zero-order chi connectivity index (χ0) is 13.5. The summed E-state index contributed by atoms with van der Waals surface area (Å²) in [4.78, 5) is 5.40. The van der Waals surface area contributed by atoms with E-state index in [-0.39, 0.29) is 11.6 Å². The monoisotopic (exact) mass is 267 g/mol. The lowest BCUT2D eigenvalue weighted by Crippen LogP contribution is -2.69. The van der Waals surface area contributed by atoms with Crippen molar-refractivity contribution < 1.29 is 4.74 Å². The van der Waals surface area contributed by atoms with E-state index in [0.717, 1.165) is 25.6 Å². The maximum absolute atomic E-state index is 6.19. The van der Waals surface area contributed by atoms with Crippen LogP contribution in [0, 0.1) is 0 Å². The van der Waals surface area contributed by atoms with Gasteiger partial charge in [0.15, 0.2) is 0 Å². The quantitative estimate of drug-likeness (QED) is 0.812. The molecule has 110 valence electrons. The standard InChI is InChI=1S/C15H29N3O/c1-12-9-17-7-4-3-5-14(17)10-18(12)15(11-16)6-8-19-13(15)2/h12-14H,3-11,16H2,1-2H3. The first-order chi connectivity index (χ1) is 9.17. The average molecular weight is 267 g/mol. The second-order valence-electron chi connectivity index (χ2n) is 6.72. The minimum absolute atomic E-state index is 0.0863. The first kappa shape index (κ1) is 13.8. The van der Waals surface area contributed by atoms with Gasteiger partial charge in [0.1, 0.15) is 0 Å². The molecule has 4 atom stereocenters. The van der Waals surface area contributed by atoms with E-state index in [2.05, 4.69) is 23.6 Å². The largest absolute Gasteiger partial charge is 0.376 e. The van der Waals surface area contributed by atoms with Gasteiger partial charge in [-0.3, -0.25) is 9.80 Å². The van der Waals surface area contributed by atoms with Crippen molar-refractivity contribution in [2.45, 2.75) is 63.3 Å². The van der Waals surface area contributed by atoms with E-state index in [1.807, 2.05) is 0 Å². The maximum Gasteiger partial charge on any atom is 0.0743 e. The molecule has 0 spiro atoms. The molecule has 0 saturated carbocycles. The van der Waals surface area contributed by atoms with Crippen LogP contribution in [0.4, 0.5) is 0 Å². The maximum atomic E-state index is 6.19. The molecular formula is C15H29N3O. The van der Waals surface area contributed by atoms with Gasteiger partial charge in [0.05, 0.1) is 11.6 Å². The van der Waals surface area contributed by atoms with Crippen molar-refractivity contribution in [3.63, 3.8) is 0 Å². The Hall–Kier alpha value is -0.160. The third-order valence-electron chi connectivity index (χ3n) is 5.77. The molecule has 0 aromatic heterocycles. The van der Waals surface area contributed by atoms with Gasteiger partial charge >= 0.3 is 0 Å². The molecule has 4 nitrogen and oxygen atoms in total. The number of piperidine rings is 1. The second-order valence-corrected chi connectivity index (χ2v) is 6.72. The number of hydrogen-bond acceptors (Lipinski definition) is 4. The number of nitrogens with zero attached hydrogens (tertiary/aromatic N) is 2. The fourth-order valence-electron chi connectivity index (χ4n) is 4.51. The van der Waals surface area contributed by atoms with Gasteiger partial charge in [0.25, 0.3) is 0 Å². The topological polar surface area (TPSA) is 41.7 Å². The van der Waals surface area contributed by atoms with Crippen LogP contribution in [0.25, 0.3) is 0 Å².